The first-order valence-corrected chi connectivity index (χ1v) is 9.02. The Bertz CT molecular complexity index is 1030. The first kappa shape index (κ1) is 19.5. The molecule has 6 nitrogen and oxygen atoms in total. The molecule has 1 heterocycles. The monoisotopic (exact) mass is 382 g/mol. The molecule has 0 N–H and O–H groups in total. The normalized spacial score (nSPS) is 10.7. The van der Waals surface area contributed by atoms with E-state index in [-0.39, 0.29) is 13.2 Å². The van der Waals surface area contributed by atoms with Gasteiger partial charge in [0.25, 0.3) is 0 Å². The molecule has 2 aromatic carbocycles. The Kier molecular flexibility index (Phi) is 5.99. The predicted molar refractivity (Wildman–Crippen MR) is 105 cm³/mol. The van der Waals surface area contributed by atoms with Gasteiger partial charge >= 0.3 is 11.6 Å². The van der Waals surface area contributed by atoms with Crippen molar-refractivity contribution in [3.8, 4) is 11.5 Å². The van der Waals surface area contributed by atoms with Gasteiger partial charge in [0.05, 0.1) is 6.61 Å². The molecule has 0 amide bonds. The lowest BCUT2D eigenvalue weighted by molar-refractivity contribution is -0.147. The maximum absolute atomic E-state index is 12.0. The molecular formula is C22H22O6. The third-order valence-electron chi connectivity index (χ3n) is 4.40. The van der Waals surface area contributed by atoms with Gasteiger partial charge in [-0.25, -0.2) is 9.59 Å². The summed E-state index contributed by atoms with van der Waals surface area (Å²) in [4.78, 5) is 23.9. The number of benzene rings is 2. The highest BCUT2D eigenvalue weighted by molar-refractivity contribution is 5.84. The van der Waals surface area contributed by atoms with E-state index in [4.69, 9.17) is 18.6 Å². The molecule has 0 unspecified atom stereocenters. The van der Waals surface area contributed by atoms with Crippen molar-refractivity contribution in [2.45, 2.75) is 27.4 Å². The average Bonchev–Trinajstić information content (AvgIpc) is 2.69. The summed E-state index contributed by atoms with van der Waals surface area (Å²) < 4.78 is 21.4. The molecule has 0 bridgehead atoms. The van der Waals surface area contributed by atoms with E-state index in [1.165, 1.54) is 6.07 Å². The molecule has 0 aliphatic heterocycles. The molecule has 0 atom stereocenters. The summed E-state index contributed by atoms with van der Waals surface area (Å²) in [6.07, 6.45) is 0. The van der Waals surface area contributed by atoms with E-state index in [1.54, 1.807) is 24.3 Å². The number of carbonyl (C=O) groups excluding carboxylic acids is 1. The van der Waals surface area contributed by atoms with Crippen molar-refractivity contribution in [2.75, 3.05) is 13.2 Å². The van der Waals surface area contributed by atoms with Gasteiger partial charge in [0.15, 0.2) is 6.61 Å². The van der Waals surface area contributed by atoms with Crippen LogP contribution in [0.1, 0.15) is 23.6 Å². The zero-order valence-electron chi connectivity index (χ0n) is 16.1. The van der Waals surface area contributed by atoms with Gasteiger partial charge in [-0.15, -0.1) is 0 Å². The zero-order chi connectivity index (χ0) is 20.1. The topological polar surface area (TPSA) is 75.0 Å². The van der Waals surface area contributed by atoms with Crippen molar-refractivity contribution in [1.82, 2.24) is 0 Å². The van der Waals surface area contributed by atoms with Gasteiger partial charge in [-0.2, -0.15) is 0 Å². The van der Waals surface area contributed by atoms with Crippen LogP contribution < -0.4 is 15.1 Å². The molecule has 0 aliphatic rings. The van der Waals surface area contributed by atoms with E-state index in [2.05, 4.69) is 0 Å². The van der Waals surface area contributed by atoms with Crippen LogP contribution in [-0.2, 0) is 16.1 Å². The lowest BCUT2D eigenvalue weighted by atomic mass is 10.0. The van der Waals surface area contributed by atoms with Crippen LogP contribution in [0.3, 0.4) is 0 Å². The van der Waals surface area contributed by atoms with Crippen LogP contribution in [0.25, 0.3) is 11.0 Å². The van der Waals surface area contributed by atoms with Crippen LogP contribution in [0.5, 0.6) is 11.5 Å². The average molecular weight is 382 g/mol. The molecule has 3 rings (SSSR count). The number of fused-ring (bicyclic) bond motifs is 1. The standard InChI is InChI=1S/C22H22O6/c1-4-25-17-6-8-18(9-7-17)26-13-21(24)27-12-16-11-20(23)28-22-15(3)14(2)5-10-19(16)22/h5-11H,4,12-13H2,1-3H3. The molecule has 3 aromatic rings. The maximum Gasteiger partial charge on any atom is 0.344 e. The summed E-state index contributed by atoms with van der Waals surface area (Å²) in [5.74, 6) is 0.745. The van der Waals surface area contributed by atoms with Gasteiger partial charge in [0, 0.05) is 17.0 Å². The molecule has 0 fully saturated rings. The Hall–Kier alpha value is -3.28. The van der Waals surface area contributed by atoms with Gasteiger partial charge in [0.1, 0.15) is 23.7 Å². The molecule has 0 saturated carbocycles. The number of aryl methyl sites for hydroxylation is 2. The van der Waals surface area contributed by atoms with Crippen LogP contribution in [0.2, 0.25) is 0 Å². The summed E-state index contributed by atoms with van der Waals surface area (Å²) in [6.45, 7) is 6.06. The van der Waals surface area contributed by atoms with Crippen molar-refractivity contribution in [1.29, 1.82) is 0 Å². The first-order valence-electron chi connectivity index (χ1n) is 9.02. The van der Waals surface area contributed by atoms with Crippen molar-refractivity contribution in [3.63, 3.8) is 0 Å². The summed E-state index contributed by atoms with van der Waals surface area (Å²) in [5.41, 5.74) is 2.56. The van der Waals surface area contributed by atoms with Crippen LogP contribution in [0.15, 0.2) is 51.7 Å². The van der Waals surface area contributed by atoms with Crippen LogP contribution in [0, 0.1) is 13.8 Å². The van der Waals surface area contributed by atoms with E-state index in [0.29, 0.717) is 23.5 Å². The summed E-state index contributed by atoms with van der Waals surface area (Å²) in [5, 5.41) is 0.753. The number of ether oxygens (including phenoxy) is 3. The molecule has 0 aliphatic carbocycles. The quantitative estimate of drug-likeness (QED) is 0.455. The molecule has 146 valence electrons. The van der Waals surface area contributed by atoms with Crippen molar-refractivity contribution < 1.29 is 23.4 Å². The number of rotatable bonds is 7. The van der Waals surface area contributed by atoms with Gasteiger partial charge in [0.2, 0.25) is 0 Å². The molecule has 1 aromatic heterocycles. The Morgan fingerprint density at radius 2 is 1.68 bits per heavy atom. The fraction of sp³-hybridized carbons (Fsp3) is 0.273. The molecule has 28 heavy (non-hydrogen) atoms. The van der Waals surface area contributed by atoms with Gasteiger partial charge in [-0.3, -0.25) is 0 Å². The fourth-order valence-corrected chi connectivity index (χ4v) is 2.78. The highest BCUT2D eigenvalue weighted by atomic mass is 16.6. The summed E-state index contributed by atoms with van der Waals surface area (Å²) >= 11 is 0. The fourth-order valence-electron chi connectivity index (χ4n) is 2.78. The maximum atomic E-state index is 12.0. The van der Waals surface area contributed by atoms with E-state index in [9.17, 15) is 9.59 Å². The van der Waals surface area contributed by atoms with Crippen LogP contribution in [0.4, 0.5) is 0 Å². The van der Waals surface area contributed by atoms with Crippen molar-refractivity contribution in [3.05, 3.63) is 69.6 Å². The lowest BCUT2D eigenvalue weighted by Crippen LogP contribution is -2.15. The highest BCUT2D eigenvalue weighted by Gasteiger charge is 2.12. The Morgan fingerprint density at radius 1 is 1.00 bits per heavy atom. The third kappa shape index (κ3) is 4.52. The van der Waals surface area contributed by atoms with Crippen LogP contribution in [-0.4, -0.2) is 19.2 Å². The number of carbonyl (C=O) groups is 1. The summed E-state index contributed by atoms with van der Waals surface area (Å²) in [6, 6.07) is 12.1. The van der Waals surface area contributed by atoms with Gasteiger partial charge in [-0.05, 0) is 56.2 Å². The molecular weight excluding hydrogens is 360 g/mol. The zero-order valence-corrected chi connectivity index (χ0v) is 16.1. The Labute approximate surface area is 162 Å². The second-order valence-electron chi connectivity index (χ2n) is 6.33. The summed E-state index contributed by atoms with van der Waals surface area (Å²) in [7, 11) is 0. The molecule has 6 heteroatoms. The molecule has 0 radical (unpaired) electrons. The first-order chi connectivity index (χ1) is 13.5. The van der Waals surface area contributed by atoms with E-state index >= 15 is 0 Å². The second-order valence-corrected chi connectivity index (χ2v) is 6.33. The van der Waals surface area contributed by atoms with E-state index in [0.717, 1.165) is 22.3 Å². The van der Waals surface area contributed by atoms with E-state index in [1.807, 2.05) is 32.9 Å². The smallest absolute Gasteiger partial charge is 0.344 e. The Morgan fingerprint density at radius 3 is 2.36 bits per heavy atom. The predicted octanol–water partition coefficient (Wildman–Crippen LogP) is 3.93. The second kappa shape index (κ2) is 8.61. The van der Waals surface area contributed by atoms with Gasteiger partial charge < -0.3 is 18.6 Å². The van der Waals surface area contributed by atoms with Gasteiger partial charge in [-0.1, -0.05) is 12.1 Å². The number of hydrogen-bond acceptors (Lipinski definition) is 6. The van der Waals surface area contributed by atoms with Crippen LogP contribution >= 0.6 is 0 Å². The van der Waals surface area contributed by atoms with Crippen molar-refractivity contribution in [2.24, 2.45) is 0 Å². The molecule has 0 spiro atoms. The highest BCUT2D eigenvalue weighted by Crippen LogP contribution is 2.24. The SMILES string of the molecule is CCOc1ccc(OCC(=O)OCc2cc(=O)oc3c(C)c(C)ccc23)cc1. The minimum atomic E-state index is -0.529. The van der Waals surface area contributed by atoms with E-state index < -0.39 is 11.6 Å². The minimum Gasteiger partial charge on any atom is -0.494 e. The molecule has 0 saturated heterocycles. The Balaban J connectivity index is 1.63. The minimum absolute atomic E-state index is 0.0317. The number of esters is 1. The third-order valence-corrected chi connectivity index (χ3v) is 4.40. The largest absolute Gasteiger partial charge is 0.494 e. The number of hydrogen-bond donors (Lipinski definition) is 0. The van der Waals surface area contributed by atoms with Crippen molar-refractivity contribution >= 4 is 16.9 Å². The lowest BCUT2D eigenvalue weighted by Gasteiger charge is -2.10.